The third-order valence-corrected chi connectivity index (χ3v) is 4.06. The molecular formula is C18H28N2O4. The molecule has 24 heavy (non-hydrogen) atoms. The summed E-state index contributed by atoms with van der Waals surface area (Å²) in [7, 11) is 0. The average molecular weight is 336 g/mol. The second-order valence-corrected chi connectivity index (χ2v) is 7.98. The third kappa shape index (κ3) is 4.39. The van der Waals surface area contributed by atoms with Gasteiger partial charge in [-0.3, -0.25) is 0 Å². The van der Waals surface area contributed by atoms with Gasteiger partial charge in [0.15, 0.2) is 0 Å². The van der Waals surface area contributed by atoms with Crippen molar-refractivity contribution in [1.82, 2.24) is 5.32 Å². The molecule has 134 valence electrons. The Morgan fingerprint density at radius 1 is 1.08 bits per heavy atom. The zero-order valence-corrected chi connectivity index (χ0v) is 15.6. The van der Waals surface area contributed by atoms with Gasteiger partial charge < -0.3 is 10.1 Å². The predicted molar refractivity (Wildman–Crippen MR) is 92.3 cm³/mol. The predicted octanol–water partition coefficient (Wildman–Crippen LogP) is 3.95. The zero-order valence-electron chi connectivity index (χ0n) is 15.6. The highest BCUT2D eigenvalue weighted by Crippen LogP contribution is 2.39. The molecule has 0 saturated carbocycles. The monoisotopic (exact) mass is 336 g/mol. The van der Waals surface area contributed by atoms with Crippen LogP contribution in [0.5, 0.6) is 0 Å². The largest absolute Gasteiger partial charge is 0.444 e. The van der Waals surface area contributed by atoms with E-state index in [9.17, 15) is 4.79 Å². The zero-order chi connectivity index (χ0) is 18.2. The van der Waals surface area contributed by atoms with Gasteiger partial charge >= 0.3 is 6.09 Å². The number of carbonyl (C=O) groups is 1. The van der Waals surface area contributed by atoms with Crippen molar-refractivity contribution in [3.8, 4) is 0 Å². The lowest BCUT2D eigenvalue weighted by Gasteiger charge is -2.26. The molecule has 0 bridgehead atoms. The molecule has 0 atom stereocenters. The topological polar surface area (TPSA) is 60.0 Å². The fraction of sp³-hybridized carbons (Fsp3) is 0.611. The lowest BCUT2D eigenvalue weighted by molar-refractivity contribution is -0.0273. The summed E-state index contributed by atoms with van der Waals surface area (Å²) >= 11 is 0. The molecule has 0 aromatic heterocycles. The van der Waals surface area contributed by atoms with Crippen molar-refractivity contribution in [2.45, 2.75) is 71.8 Å². The first-order valence-electron chi connectivity index (χ1n) is 8.14. The number of carbonyl (C=O) groups excluding carboxylic acids is 1. The van der Waals surface area contributed by atoms with Crippen molar-refractivity contribution in [2.75, 3.05) is 5.23 Å². The highest BCUT2D eigenvalue weighted by atomic mass is 17.0. The minimum absolute atomic E-state index is 0.397. The van der Waals surface area contributed by atoms with Crippen molar-refractivity contribution in [3.63, 3.8) is 0 Å². The Morgan fingerprint density at radius 3 is 2.04 bits per heavy atom. The number of anilines is 1. The van der Waals surface area contributed by atoms with Crippen molar-refractivity contribution in [1.29, 1.82) is 0 Å². The number of nitrogens with zero attached hydrogens (tertiary/aromatic N) is 1. The molecule has 1 aromatic rings. The Balaban J connectivity index is 1.94. The fourth-order valence-electron chi connectivity index (χ4n) is 1.98. The Kier molecular flexibility index (Phi) is 4.84. The van der Waals surface area contributed by atoms with E-state index in [0.29, 0.717) is 6.54 Å². The van der Waals surface area contributed by atoms with Gasteiger partial charge in [0.25, 0.3) is 0 Å². The number of nitrogens with one attached hydrogen (secondary N) is 1. The van der Waals surface area contributed by atoms with Gasteiger partial charge in [0.2, 0.25) is 0 Å². The third-order valence-electron chi connectivity index (χ3n) is 4.06. The highest BCUT2D eigenvalue weighted by Gasteiger charge is 2.50. The van der Waals surface area contributed by atoms with Gasteiger partial charge in [-0.05, 0) is 66.2 Å². The molecule has 1 aromatic carbocycles. The molecule has 1 heterocycles. The van der Waals surface area contributed by atoms with E-state index < -0.39 is 22.9 Å². The minimum Gasteiger partial charge on any atom is -0.444 e. The normalized spacial score (nSPS) is 19.2. The second-order valence-electron chi connectivity index (χ2n) is 7.98. The number of hydrogen-bond acceptors (Lipinski definition) is 5. The number of amides is 1. The Hall–Kier alpha value is -1.79. The van der Waals surface area contributed by atoms with Crippen molar-refractivity contribution < 1.29 is 19.2 Å². The Bertz CT molecular complexity index is 572. The number of rotatable bonds is 3. The van der Waals surface area contributed by atoms with Gasteiger partial charge in [-0.15, -0.1) is 5.23 Å². The molecule has 2 rings (SSSR count). The second kappa shape index (κ2) is 6.26. The molecule has 1 amide bonds. The van der Waals surface area contributed by atoms with E-state index in [-0.39, 0.29) is 0 Å². The average Bonchev–Trinajstić information content (AvgIpc) is 2.64. The molecule has 1 saturated heterocycles. The molecule has 6 heteroatoms. The molecule has 0 aliphatic carbocycles. The summed E-state index contributed by atoms with van der Waals surface area (Å²) in [5.74, 6) is 0. The van der Waals surface area contributed by atoms with E-state index in [0.717, 1.165) is 11.3 Å². The van der Waals surface area contributed by atoms with E-state index in [1.807, 2.05) is 72.7 Å². The summed E-state index contributed by atoms with van der Waals surface area (Å²) in [6, 6.07) is 7.61. The summed E-state index contributed by atoms with van der Waals surface area (Å²) in [5.41, 5.74) is 0.406. The van der Waals surface area contributed by atoms with Crippen LogP contribution in [-0.4, -0.2) is 22.9 Å². The van der Waals surface area contributed by atoms with Gasteiger partial charge in [0.1, 0.15) is 16.8 Å². The van der Waals surface area contributed by atoms with Crippen LogP contribution in [0.2, 0.25) is 0 Å². The molecule has 1 fully saturated rings. The lowest BCUT2D eigenvalue weighted by Crippen LogP contribution is -2.41. The maximum absolute atomic E-state index is 11.7. The van der Waals surface area contributed by atoms with Crippen LogP contribution in [0.25, 0.3) is 0 Å². The summed E-state index contributed by atoms with van der Waals surface area (Å²) in [6.45, 7) is 13.9. The summed E-state index contributed by atoms with van der Waals surface area (Å²) in [6.07, 6.45) is -0.429. The van der Waals surface area contributed by atoms with E-state index in [2.05, 4.69) is 5.32 Å². The summed E-state index contributed by atoms with van der Waals surface area (Å²) in [4.78, 5) is 23.4. The highest BCUT2D eigenvalue weighted by molar-refractivity contribution is 5.67. The molecule has 1 aliphatic rings. The number of benzene rings is 1. The standard InChI is InChI=1S/C18H28N2O4/c1-16(2,3)22-15(21)19-12-13-8-10-14(11-9-13)20-23-17(4,5)18(6,7)24-20/h8-11H,12H2,1-7H3,(H,19,21). The first-order valence-corrected chi connectivity index (χ1v) is 8.14. The first-order chi connectivity index (χ1) is 10.9. The molecular weight excluding hydrogens is 308 g/mol. The summed E-state index contributed by atoms with van der Waals surface area (Å²) < 4.78 is 5.21. The maximum atomic E-state index is 11.7. The van der Waals surface area contributed by atoms with Crippen LogP contribution in [0.1, 0.15) is 54.0 Å². The Labute approximate surface area is 144 Å². The molecule has 1 N–H and O–H groups in total. The first kappa shape index (κ1) is 18.5. The van der Waals surface area contributed by atoms with Crippen molar-refractivity contribution in [3.05, 3.63) is 29.8 Å². The van der Waals surface area contributed by atoms with Crippen LogP contribution < -0.4 is 10.5 Å². The lowest BCUT2D eigenvalue weighted by atomic mass is 9.90. The molecule has 1 aliphatic heterocycles. The van der Waals surface area contributed by atoms with Gasteiger partial charge in [0, 0.05) is 6.54 Å². The molecule has 6 nitrogen and oxygen atoms in total. The maximum Gasteiger partial charge on any atom is 0.407 e. The van der Waals surface area contributed by atoms with Crippen molar-refractivity contribution >= 4 is 11.8 Å². The molecule has 0 radical (unpaired) electrons. The van der Waals surface area contributed by atoms with Crippen LogP contribution >= 0.6 is 0 Å². The van der Waals surface area contributed by atoms with Crippen LogP contribution in [0.3, 0.4) is 0 Å². The van der Waals surface area contributed by atoms with E-state index in [1.165, 1.54) is 5.23 Å². The minimum atomic E-state index is -0.502. The van der Waals surface area contributed by atoms with Gasteiger partial charge in [-0.1, -0.05) is 12.1 Å². The summed E-state index contributed by atoms with van der Waals surface area (Å²) in [5, 5.41) is 4.18. The number of hydrogen-bond donors (Lipinski definition) is 1. The van der Waals surface area contributed by atoms with Gasteiger partial charge in [0.05, 0.1) is 5.69 Å². The Morgan fingerprint density at radius 2 is 1.58 bits per heavy atom. The molecule has 0 spiro atoms. The van der Waals surface area contributed by atoms with Crippen LogP contribution in [0, 0.1) is 0 Å². The van der Waals surface area contributed by atoms with Crippen LogP contribution in [0.4, 0.5) is 10.5 Å². The van der Waals surface area contributed by atoms with Crippen LogP contribution in [0.15, 0.2) is 24.3 Å². The van der Waals surface area contributed by atoms with Crippen LogP contribution in [-0.2, 0) is 21.0 Å². The molecule has 0 unspecified atom stereocenters. The van der Waals surface area contributed by atoms with E-state index in [4.69, 9.17) is 14.4 Å². The van der Waals surface area contributed by atoms with E-state index >= 15 is 0 Å². The smallest absolute Gasteiger partial charge is 0.407 e. The fourth-order valence-corrected chi connectivity index (χ4v) is 1.98. The van der Waals surface area contributed by atoms with Gasteiger partial charge in [-0.25, -0.2) is 14.5 Å². The van der Waals surface area contributed by atoms with Gasteiger partial charge in [-0.2, -0.15) is 0 Å². The van der Waals surface area contributed by atoms with Crippen molar-refractivity contribution in [2.24, 2.45) is 0 Å². The quantitative estimate of drug-likeness (QED) is 0.905. The number of alkyl carbamates (subject to hydrolysis) is 1. The SMILES string of the molecule is CC(C)(C)OC(=O)NCc1ccc(N2OC(C)(C)C(C)(C)O2)cc1. The number of ether oxygens (including phenoxy) is 1. The van der Waals surface area contributed by atoms with E-state index in [1.54, 1.807) is 0 Å².